The number of thioether (sulfide) groups is 1. The average molecular weight is 284 g/mol. The lowest BCUT2D eigenvalue weighted by atomic mass is 9.90. The van der Waals surface area contributed by atoms with Crippen LogP contribution in [0.4, 0.5) is 0 Å². The fourth-order valence-electron chi connectivity index (χ4n) is 2.80. The number of thiazole rings is 1. The maximum Gasteiger partial charge on any atom is 0.0897 e. The van der Waals surface area contributed by atoms with Gasteiger partial charge in [0.1, 0.15) is 0 Å². The van der Waals surface area contributed by atoms with Crippen molar-refractivity contribution in [3.8, 4) is 0 Å². The van der Waals surface area contributed by atoms with Crippen LogP contribution in [0.15, 0.2) is 5.38 Å². The third-order valence-corrected chi connectivity index (χ3v) is 5.84. The summed E-state index contributed by atoms with van der Waals surface area (Å²) in [5, 5.41) is 6.97. The smallest absolute Gasteiger partial charge is 0.0897 e. The Morgan fingerprint density at radius 3 is 3.28 bits per heavy atom. The van der Waals surface area contributed by atoms with Crippen LogP contribution in [0, 0.1) is 6.92 Å². The van der Waals surface area contributed by atoms with E-state index in [1.807, 2.05) is 11.8 Å². The van der Waals surface area contributed by atoms with Gasteiger partial charge in [0.25, 0.3) is 0 Å². The molecule has 2 saturated heterocycles. The molecule has 2 unspecified atom stereocenters. The second-order valence-corrected chi connectivity index (χ2v) is 7.43. The molecule has 2 aliphatic heterocycles. The second-order valence-electron chi connectivity index (χ2n) is 5.26. The molecule has 2 fully saturated rings. The molecule has 18 heavy (non-hydrogen) atoms. The van der Waals surface area contributed by atoms with Crippen molar-refractivity contribution in [2.45, 2.75) is 44.4 Å². The molecule has 0 bridgehead atoms. The highest BCUT2D eigenvalue weighted by Crippen LogP contribution is 2.38. The number of nitrogens with zero attached hydrogens (tertiary/aromatic N) is 1. The van der Waals surface area contributed by atoms with Gasteiger partial charge in [-0.05, 0) is 31.9 Å². The van der Waals surface area contributed by atoms with Crippen LogP contribution in [0.5, 0.6) is 0 Å². The van der Waals surface area contributed by atoms with Crippen molar-refractivity contribution in [3.63, 3.8) is 0 Å². The summed E-state index contributed by atoms with van der Waals surface area (Å²) in [6, 6.07) is 0.597. The zero-order valence-corrected chi connectivity index (χ0v) is 12.4. The van der Waals surface area contributed by atoms with E-state index in [0.717, 1.165) is 24.6 Å². The van der Waals surface area contributed by atoms with Gasteiger partial charge in [0, 0.05) is 30.3 Å². The highest BCUT2D eigenvalue weighted by atomic mass is 32.2. The van der Waals surface area contributed by atoms with Crippen molar-refractivity contribution < 1.29 is 4.74 Å². The summed E-state index contributed by atoms with van der Waals surface area (Å²) in [7, 11) is 0. The summed E-state index contributed by atoms with van der Waals surface area (Å²) in [6.07, 6.45) is 3.53. The van der Waals surface area contributed by atoms with Gasteiger partial charge in [-0.25, -0.2) is 4.98 Å². The van der Waals surface area contributed by atoms with Gasteiger partial charge in [0.15, 0.2) is 0 Å². The quantitative estimate of drug-likeness (QED) is 0.925. The Bertz CT molecular complexity index is 401. The lowest BCUT2D eigenvalue weighted by Gasteiger charge is -2.38. The standard InChI is InChI=1S/C13H20N2OS2/c1-10-15-12(8-18-10)7-14-11-2-4-16-13(6-11)3-5-17-9-13/h8,11,14H,2-7,9H2,1H3. The summed E-state index contributed by atoms with van der Waals surface area (Å²) in [6.45, 7) is 3.87. The number of rotatable bonds is 3. The largest absolute Gasteiger partial charge is 0.374 e. The number of nitrogens with one attached hydrogen (secondary N) is 1. The predicted octanol–water partition coefficient (Wildman–Crippen LogP) is 2.60. The van der Waals surface area contributed by atoms with Gasteiger partial charge in [0.05, 0.1) is 16.3 Å². The summed E-state index contributed by atoms with van der Waals surface area (Å²) >= 11 is 3.77. The summed E-state index contributed by atoms with van der Waals surface area (Å²) in [5.41, 5.74) is 1.36. The zero-order valence-electron chi connectivity index (χ0n) is 10.8. The van der Waals surface area contributed by atoms with Crippen LogP contribution in [0.2, 0.25) is 0 Å². The van der Waals surface area contributed by atoms with E-state index < -0.39 is 0 Å². The van der Waals surface area contributed by atoms with E-state index in [1.54, 1.807) is 11.3 Å². The first kappa shape index (κ1) is 12.9. The van der Waals surface area contributed by atoms with Gasteiger partial charge in [-0.3, -0.25) is 0 Å². The van der Waals surface area contributed by atoms with Gasteiger partial charge < -0.3 is 10.1 Å². The zero-order chi connectivity index (χ0) is 12.4. The molecule has 2 atom stereocenters. The van der Waals surface area contributed by atoms with E-state index in [0.29, 0.717) is 6.04 Å². The molecule has 0 radical (unpaired) electrons. The van der Waals surface area contributed by atoms with Gasteiger partial charge in [-0.1, -0.05) is 0 Å². The molecule has 100 valence electrons. The lowest BCUT2D eigenvalue weighted by Crippen LogP contribution is -2.47. The molecule has 0 aliphatic carbocycles. The van der Waals surface area contributed by atoms with Crippen molar-refractivity contribution in [1.29, 1.82) is 0 Å². The molecule has 1 N–H and O–H groups in total. The van der Waals surface area contributed by atoms with Gasteiger partial charge >= 0.3 is 0 Å². The number of ether oxygens (including phenoxy) is 1. The normalized spacial score (nSPS) is 32.2. The van der Waals surface area contributed by atoms with E-state index in [9.17, 15) is 0 Å². The molecule has 1 aromatic heterocycles. The molecule has 1 spiro atoms. The first-order valence-electron chi connectivity index (χ1n) is 6.62. The van der Waals surface area contributed by atoms with Crippen LogP contribution in [0.25, 0.3) is 0 Å². The third-order valence-electron chi connectivity index (χ3n) is 3.80. The summed E-state index contributed by atoms with van der Waals surface area (Å²) < 4.78 is 6.04. The van der Waals surface area contributed by atoms with Crippen molar-refractivity contribution in [2.24, 2.45) is 0 Å². The van der Waals surface area contributed by atoms with Crippen LogP contribution >= 0.6 is 23.1 Å². The van der Waals surface area contributed by atoms with Crippen LogP contribution in [0.1, 0.15) is 30.0 Å². The number of hydrogen-bond acceptors (Lipinski definition) is 5. The molecule has 0 aromatic carbocycles. The first-order valence-corrected chi connectivity index (χ1v) is 8.65. The van der Waals surface area contributed by atoms with E-state index in [2.05, 4.69) is 22.6 Å². The molecule has 3 rings (SSSR count). The summed E-state index contributed by atoms with van der Waals surface area (Å²) in [5.74, 6) is 2.44. The van der Waals surface area contributed by atoms with E-state index in [4.69, 9.17) is 4.74 Å². The molecule has 3 nitrogen and oxygen atoms in total. The highest BCUT2D eigenvalue weighted by molar-refractivity contribution is 7.99. The molecule has 0 amide bonds. The Kier molecular flexibility index (Phi) is 3.94. The molecular weight excluding hydrogens is 264 g/mol. The number of hydrogen-bond donors (Lipinski definition) is 1. The third kappa shape index (κ3) is 2.90. The van der Waals surface area contributed by atoms with Gasteiger partial charge in [-0.2, -0.15) is 11.8 Å². The fraction of sp³-hybridized carbons (Fsp3) is 0.769. The maximum absolute atomic E-state index is 6.04. The summed E-state index contributed by atoms with van der Waals surface area (Å²) in [4.78, 5) is 4.50. The fourth-order valence-corrected chi connectivity index (χ4v) is 4.79. The van der Waals surface area contributed by atoms with Crippen molar-refractivity contribution in [2.75, 3.05) is 18.1 Å². The van der Waals surface area contributed by atoms with Gasteiger partial charge in [0.2, 0.25) is 0 Å². The SMILES string of the molecule is Cc1nc(CNC2CCOC3(CCSC3)C2)cs1. The van der Waals surface area contributed by atoms with Crippen LogP contribution in [0.3, 0.4) is 0 Å². The van der Waals surface area contributed by atoms with Crippen LogP contribution in [-0.4, -0.2) is 34.7 Å². The Hall–Kier alpha value is -0.100. The Balaban J connectivity index is 1.53. The Labute approximate surface area is 117 Å². The molecular formula is C13H20N2OS2. The van der Waals surface area contributed by atoms with Crippen molar-refractivity contribution in [3.05, 3.63) is 16.1 Å². The number of aryl methyl sites for hydroxylation is 1. The molecule has 0 saturated carbocycles. The molecule has 1 aromatic rings. The van der Waals surface area contributed by atoms with E-state index >= 15 is 0 Å². The molecule has 5 heteroatoms. The Morgan fingerprint density at radius 1 is 1.61 bits per heavy atom. The maximum atomic E-state index is 6.04. The average Bonchev–Trinajstić information content (AvgIpc) is 2.97. The second kappa shape index (κ2) is 5.49. The van der Waals surface area contributed by atoms with Crippen molar-refractivity contribution >= 4 is 23.1 Å². The minimum atomic E-state index is 0.179. The highest BCUT2D eigenvalue weighted by Gasteiger charge is 2.40. The topological polar surface area (TPSA) is 34.2 Å². The Morgan fingerprint density at radius 2 is 2.56 bits per heavy atom. The van der Waals surface area contributed by atoms with Crippen LogP contribution in [-0.2, 0) is 11.3 Å². The minimum Gasteiger partial charge on any atom is -0.374 e. The van der Waals surface area contributed by atoms with E-state index in [-0.39, 0.29) is 5.60 Å². The van der Waals surface area contributed by atoms with Gasteiger partial charge in [-0.15, -0.1) is 11.3 Å². The number of aromatic nitrogens is 1. The minimum absolute atomic E-state index is 0.179. The monoisotopic (exact) mass is 284 g/mol. The lowest BCUT2D eigenvalue weighted by molar-refractivity contribution is -0.0703. The molecule has 3 heterocycles. The van der Waals surface area contributed by atoms with Crippen LogP contribution < -0.4 is 5.32 Å². The first-order chi connectivity index (χ1) is 8.76. The van der Waals surface area contributed by atoms with Crippen molar-refractivity contribution in [1.82, 2.24) is 10.3 Å². The predicted molar refractivity (Wildman–Crippen MR) is 77.3 cm³/mol. The molecule has 2 aliphatic rings. The van der Waals surface area contributed by atoms with E-state index in [1.165, 1.54) is 30.0 Å².